The minimum absolute atomic E-state index is 0.0490. The predicted molar refractivity (Wildman–Crippen MR) is 114 cm³/mol. The summed E-state index contributed by atoms with van der Waals surface area (Å²) in [5.41, 5.74) is 0. The van der Waals surface area contributed by atoms with Gasteiger partial charge >= 0.3 is 0 Å². The highest BCUT2D eigenvalue weighted by Crippen LogP contribution is 2.33. The summed E-state index contributed by atoms with van der Waals surface area (Å²) in [7, 11) is -3.78. The summed E-state index contributed by atoms with van der Waals surface area (Å²) in [4.78, 5) is 14.8. The summed E-state index contributed by atoms with van der Waals surface area (Å²) in [5.74, 6) is 0.511. The largest absolute Gasteiger partial charge is 0.342 e. The molecule has 1 aromatic rings. The van der Waals surface area contributed by atoms with Crippen LogP contribution in [0.1, 0.15) is 46.5 Å². The molecular weight excluding hydrogens is 419 g/mol. The van der Waals surface area contributed by atoms with Gasteiger partial charge in [-0.3, -0.25) is 4.79 Å². The predicted octanol–water partition coefficient (Wildman–Crippen LogP) is 4.68. The molecule has 1 saturated heterocycles. The Balaban J connectivity index is 2.06. The van der Waals surface area contributed by atoms with Gasteiger partial charge in [0.25, 0.3) is 0 Å². The lowest BCUT2D eigenvalue weighted by Gasteiger charge is -2.34. The van der Waals surface area contributed by atoms with E-state index in [9.17, 15) is 13.2 Å². The molecule has 0 radical (unpaired) electrons. The van der Waals surface area contributed by atoms with E-state index in [-0.39, 0.29) is 26.8 Å². The zero-order chi connectivity index (χ0) is 20.9. The fourth-order valence-electron chi connectivity index (χ4n) is 3.69. The summed E-state index contributed by atoms with van der Waals surface area (Å²) in [5, 5.41) is 0.237. The van der Waals surface area contributed by atoms with Gasteiger partial charge in [0, 0.05) is 32.1 Å². The minimum Gasteiger partial charge on any atom is -0.342 e. The molecule has 5 nitrogen and oxygen atoms in total. The van der Waals surface area contributed by atoms with Crippen molar-refractivity contribution in [1.29, 1.82) is 0 Å². The molecule has 1 aliphatic rings. The number of rotatable bonds is 8. The normalized spacial score (nSPS) is 16.5. The number of hydrogen-bond donors (Lipinski definition) is 0. The van der Waals surface area contributed by atoms with E-state index in [0.29, 0.717) is 38.4 Å². The van der Waals surface area contributed by atoms with Crippen LogP contribution in [-0.4, -0.2) is 49.7 Å². The van der Waals surface area contributed by atoms with Crippen LogP contribution in [0.25, 0.3) is 0 Å². The van der Waals surface area contributed by atoms with E-state index in [1.807, 2.05) is 11.8 Å². The van der Waals surface area contributed by atoms with Gasteiger partial charge in [0.05, 0.1) is 10.0 Å². The summed E-state index contributed by atoms with van der Waals surface area (Å²) < 4.78 is 27.4. The molecule has 0 aliphatic carbocycles. The van der Waals surface area contributed by atoms with Crippen molar-refractivity contribution in [3.05, 3.63) is 28.2 Å². The topological polar surface area (TPSA) is 57.7 Å². The number of halogens is 2. The standard InChI is InChI=1S/C20H30Cl2N2O3S/c1-4-15(5-2)14-23(6-3)20(25)16-10-12-24(13-11-16)28(26,27)19-17(21)8-7-9-18(19)22/h7-9,15-16H,4-6,10-14H2,1-3H3. The molecule has 0 aromatic heterocycles. The summed E-state index contributed by atoms with van der Waals surface area (Å²) >= 11 is 12.2. The molecule has 1 aromatic carbocycles. The van der Waals surface area contributed by atoms with Crippen LogP contribution in [0.4, 0.5) is 0 Å². The highest BCUT2D eigenvalue weighted by atomic mass is 35.5. The number of carbonyl (C=O) groups is 1. The molecule has 1 heterocycles. The van der Waals surface area contributed by atoms with E-state index in [1.165, 1.54) is 16.4 Å². The molecule has 28 heavy (non-hydrogen) atoms. The molecule has 2 rings (SSSR count). The Morgan fingerprint density at radius 3 is 2.14 bits per heavy atom. The van der Waals surface area contributed by atoms with Crippen LogP contribution >= 0.6 is 23.2 Å². The van der Waals surface area contributed by atoms with E-state index in [4.69, 9.17) is 23.2 Å². The number of benzene rings is 1. The Morgan fingerprint density at radius 2 is 1.68 bits per heavy atom. The molecule has 1 aliphatic heterocycles. The number of nitrogens with zero attached hydrogens (tertiary/aromatic N) is 2. The van der Waals surface area contributed by atoms with Gasteiger partial charge in [-0.25, -0.2) is 8.42 Å². The number of sulfonamides is 1. The van der Waals surface area contributed by atoms with Crippen molar-refractivity contribution in [1.82, 2.24) is 9.21 Å². The van der Waals surface area contributed by atoms with Gasteiger partial charge in [-0.05, 0) is 37.8 Å². The van der Waals surface area contributed by atoms with Gasteiger partial charge in [-0.1, -0.05) is 56.0 Å². The first-order valence-corrected chi connectivity index (χ1v) is 12.2. The maximum atomic E-state index is 13.0. The smallest absolute Gasteiger partial charge is 0.246 e. The summed E-state index contributed by atoms with van der Waals surface area (Å²) in [6.07, 6.45) is 3.13. The van der Waals surface area contributed by atoms with Crippen molar-refractivity contribution >= 4 is 39.1 Å². The lowest BCUT2D eigenvalue weighted by molar-refractivity contribution is -0.137. The molecule has 8 heteroatoms. The van der Waals surface area contributed by atoms with Crippen LogP contribution in [0, 0.1) is 11.8 Å². The molecule has 0 atom stereocenters. The van der Waals surface area contributed by atoms with Crippen LogP contribution in [-0.2, 0) is 14.8 Å². The molecule has 1 amide bonds. The van der Waals surface area contributed by atoms with Gasteiger partial charge in [0.1, 0.15) is 4.90 Å². The Kier molecular flexibility index (Phi) is 8.61. The third-order valence-electron chi connectivity index (χ3n) is 5.65. The van der Waals surface area contributed by atoms with Gasteiger partial charge in [-0.2, -0.15) is 4.31 Å². The molecule has 0 spiro atoms. The summed E-state index contributed by atoms with van der Waals surface area (Å²) in [6.45, 7) is 8.34. The monoisotopic (exact) mass is 448 g/mol. The zero-order valence-electron chi connectivity index (χ0n) is 16.8. The molecule has 0 N–H and O–H groups in total. The molecule has 0 unspecified atom stereocenters. The van der Waals surface area contributed by atoms with Gasteiger partial charge in [0.2, 0.25) is 15.9 Å². The Morgan fingerprint density at radius 1 is 1.14 bits per heavy atom. The average molecular weight is 449 g/mol. The van der Waals surface area contributed by atoms with Gasteiger partial charge in [-0.15, -0.1) is 0 Å². The second kappa shape index (κ2) is 10.3. The third-order valence-corrected chi connectivity index (χ3v) is 8.50. The van der Waals surface area contributed by atoms with Gasteiger partial charge < -0.3 is 4.90 Å². The van der Waals surface area contributed by atoms with Crippen LogP contribution in [0.5, 0.6) is 0 Å². The van der Waals surface area contributed by atoms with Crippen molar-refractivity contribution in [3.63, 3.8) is 0 Å². The van der Waals surface area contributed by atoms with E-state index >= 15 is 0 Å². The first-order chi connectivity index (χ1) is 13.3. The highest BCUT2D eigenvalue weighted by Gasteiger charge is 2.35. The summed E-state index contributed by atoms with van der Waals surface area (Å²) in [6, 6.07) is 4.66. The quantitative estimate of drug-likeness (QED) is 0.579. The lowest BCUT2D eigenvalue weighted by atomic mass is 9.95. The van der Waals surface area contributed by atoms with Crippen LogP contribution < -0.4 is 0 Å². The SMILES string of the molecule is CCC(CC)CN(CC)C(=O)C1CCN(S(=O)(=O)c2c(Cl)cccc2Cl)CC1. The second-order valence-corrected chi connectivity index (χ2v) is 9.98. The first-order valence-electron chi connectivity index (χ1n) is 9.99. The van der Waals surface area contributed by atoms with Crippen molar-refractivity contribution < 1.29 is 13.2 Å². The maximum absolute atomic E-state index is 13.0. The van der Waals surface area contributed by atoms with Crippen molar-refractivity contribution in [3.8, 4) is 0 Å². The van der Waals surface area contributed by atoms with E-state index in [1.54, 1.807) is 6.07 Å². The second-order valence-electron chi connectivity index (χ2n) is 7.29. The molecular formula is C20H30Cl2N2O3S. The van der Waals surface area contributed by atoms with Gasteiger partial charge in [0.15, 0.2) is 0 Å². The minimum atomic E-state index is -3.78. The maximum Gasteiger partial charge on any atom is 0.246 e. The Labute approximate surface area is 179 Å². The van der Waals surface area contributed by atoms with E-state index in [2.05, 4.69) is 13.8 Å². The average Bonchev–Trinajstić information content (AvgIpc) is 2.68. The lowest BCUT2D eigenvalue weighted by Crippen LogP contribution is -2.45. The number of piperidine rings is 1. The zero-order valence-corrected chi connectivity index (χ0v) is 19.2. The van der Waals surface area contributed by atoms with Crippen molar-refractivity contribution in [2.24, 2.45) is 11.8 Å². The van der Waals surface area contributed by atoms with E-state index in [0.717, 1.165) is 19.4 Å². The number of hydrogen-bond acceptors (Lipinski definition) is 3. The fourth-order valence-corrected chi connectivity index (χ4v) is 6.25. The molecule has 0 bridgehead atoms. The Bertz CT molecular complexity index is 753. The number of carbonyl (C=O) groups excluding carboxylic acids is 1. The van der Waals surface area contributed by atoms with Crippen LogP contribution in [0.2, 0.25) is 10.0 Å². The fraction of sp³-hybridized carbons (Fsp3) is 0.650. The first kappa shape index (κ1) is 23.5. The molecule has 0 saturated carbocycles. The van der Waals surface area contributed by atoms with Crippen LogP contribution in [0.15, 0.2) is 23.1 Å². The Hall–Kier alpha value is -0.820. The highest BCUT2D eigenvalue weighted by molar-refractivity contribution is 7.89. The van der Waals surface area contributed by atoms with Crippen LogP contribution in [0.3, 0.4) is 0 Å². The van der Waals surface area contributed by atoms with Crippen molar-refractivity contribution in [2.45, 2.75) is 51.3 Å². The molecule has 1 fully saturated rings. The van der Waals surface area contributed by atoms with E-state index < -0.39 is 10.0 Å². The van der Waals surface area contributed by atoms with Crippen molar-refractivity contribution in [2.75, 3.05) is 26.2 Å². The number of amides is 1. The third kappa shape index (κ3) is 5.21. The molecule has 158 valence electrons.